The van der Waals surface area contributed by atoms with Crippen molar-refractivity contribution in [2.75, 3.05) is 52.6 Å². The van der Waals surface area contributed by atoms with Gasteiger partial charge in [-0.3, -0.25) is 14.2 Å². The Morgan fingerprint density at radius 1 is 1.15 bits per heavy atom. The van der Waals surface area contributed by atoms with Crippen molar-refractivity contribution in [2.45, 2.75) is 72.3 Å². The predicted molar refractivity (Wildman–Crippen MR) is 188 cm³/mol. The summed E-state index contributed by atoms with van der Waals surface area (Å²) in [5.74, 6) is 0.501. The van der Waals surface area contributed by atoms with Gasteiger partial charge in [-0.05, 0) is 101 Å². The molecule has 0 aliphatic carbocycles. The first-order valence-electron chi connectivity index (χ1n) is 16.9. The largest absolute Gasteiger partial charge is 0.340 e. The highest BCUT2D eigenvalue weighted by Crippen LogP contribution is 2.40. The molecule has 0 radical (unpaired) electrons. The van der Waals surface area contributed by atoms with E-state index < -0.39 is 0 Å². The highest BCUT2D eigenvalue weighted by atomic mass is 19.1. The van der Waals surface area contributed by atoms with Crippen molar-refractivity contribution in [1.82, 2.24) is 29.6 Å². The minimum atomic E-state index is -0.343. The summed E-state index contributed by atoms with van der Waals surface area (Å²) in [6, 6.07) is 5.64. The Labute approximate surface area is 275 Å². The number of anilines is 1. The number of carbonyl (C=O) groups is 1. The minimum Gasteiger partial charge on any atom is -0.340 e. The highest BCUT2D eigenvalue weighted by molar-refractivity contribution is 5.91. The van der Waals surface area contributed by atoms with Gasteiger partial charge in [0, 0.05) is 44.0 Å². The molecule has 8 nitrogen and oxygen atoms in total. The van der Waals surface area contributed by atoms with E-state index in [0.29, 0.717) is 28.8 Å². The van der Waals surface area contributed by atoms with Gasteiger partial charge in [0.05, 0.1) is 17.6 Å². The topological polar surface area (TPSA) is 68.1 Å². The molecule has 0 unspecified atom stereocenters. The van der Waals surface area contributed by atoms with Crippen LogP contribution in [0.25, 0.3) is 16.9 Å². The van der Waals surface area contributed by atoms with Crippen LogP contribution >= 0.6 is 0 Å². The number of pyridine rings is 1. The van der Waals surface area contributed by atoms with Gasteiger partial charge in [0.1, 0.15) is 5.82 Å². The van der Waals surface area contributed by atoms with Gasteiger partial charge in [-0.2, -0.15) is 0 Å². The van der Waals surface area contributed by atoms with Gasteiger partial charge in [0.2, 0.25) is 0 Å². The summed E-state index contributed by atoms with van der Waals surface area (Å²) in [6.07, 6.45) is 16.7. The Bertz CT molecular complexity index is 1510. The molecule has 3 heterocycles. The molecular weight excluding hydrogens is 577 g/mol. The van der Waals surface area contributed by atoms with Crippen molar-refractivity contribution in [3.8, 4) is 11.3 Å². The van der Waals surface area contributed by atoms with Crippen molar-refractivity contribution < 1.29 is 9.18 Å². The van der Waals surface area contributed by atoms with Crippen LogP contribution in [0.4, 0.5) is 10.1 Å². The second-order valence-electron chi connectivity index (χ2n) is 12.9. The summed E-state index contributed by atoms with van der Waals surface area (Å²) in [7, 11) is 6.15. The number of hydrazine groups is 1. The zero-order valence-electron chi connectivity index (χ0n) is 28.8. The molecule has 0 amide bonds. The molecule has 4 rings (SSSR count). The number of hydrogen-bond acceptors (Lipinski definition) is 7. The minimum absolute atomic E-state index is 0.270. The second kappa shape index (κ2) is 16.3. The Kier molecular flexibility index (Phi) is 12.5. The van der Waals surface area contributed by atoms with Gasteiger partial charge in [-0.1, -0.05) is 45.4 Å². The van der Waals surface area contributed by atoms with Crippen molar-refractivity contribution in [3.63, 3.8) is 0 Å². The van der Waals surface area contributed by atoms with E-state index in [0.717, 1.165) is 42.0 Å². The quantitative estimate of drug-likeness (QED) is 0.0923. The number of nitrogens with one attached hydrogen (secondary N) is 2. The first kappa shape index (κ1) is 35.3. The molecule has 1 aromatic carbocycles. The molecule has 0 saturated carbocycles. The fraction of sp³-hybridized carbons (Fsp3) is 0.514. The standard InChI is InChI=1S/C37H54FN7O/c1-8-13-34(43(7)44-23-18-37(10-3,19-24-44)17-11-12-21-42(6)20-9-2)41-32-15-14-29(30(25-39-5)31(32)27-46)33-26-40-36-35(38)28(4)16-22-45(33)36/h8,13-16,22,26-27,39,41H,1,9-12,17-21,23-25H2,2-7H3/b34-13-. The van der Waals surface area contributed by atoms with Gasteiger partial charge in [0.25, 0.3) is 0 Å². The Balaban J connectivity index is 1.52. The number of aldehydes is 1. The number of aryl methyl sites for hydroxylation is 1. The van der Waals surface area contributed by atoms with Crippen LogP contribution in [0.1, 0.15) is 80.3 Å². The summed E-state index contributed by atoms with van der Waals surface area (Å²) in [5.41, 5.74) is 4.83. The number of hydrogen-bond donors (Lipinski definition) is 2. The molecule has 1 aliphatic rings. The Morgan fingerprint density at radius 2 is 1.91 bits per heavy atom. The summed E-state index contributed by atoms with van der Waals surface area (Å²) in [4.78, 5) is 19.5. The smallest absolute Gasteiger partial charge is 0.173 e. The molecule has 0 atom stereocenters. The van der Waals surface area contributed by atoms with Crippen LogP contribution in [-0.2, 0) is 6.54 Å². The number of carbonyl (C=O) groups excluding carboxylic acids is 1. The fourth-order valence-corrected chi connectivity index (χ4v) is 6.88. The van der Waals surface area contributed by atoms with Gasteiger partial charge >= 0.3 is 0 Å². The average molecular weight is 632 g/mol. The number of unbranched alkanes of at least 4 members (excludes halogenated alkanes) is 1. The number of allylic oxidation sites excluding steroid dienone is 2. The van der Waals surface area contributed by atoms with E-state index in [-0.39, 0.29) is 11.5 Å². The molecule has 9 heteroatoms. The van der Waals surface area contributed by atoms with E-state index in [1.165, 1.54) is 58.0 Å². The van der Waals surface area contributed by atoms with E-state index >= 15 is 0 Å². The number of imidazole rings is 1. The molecule has 1 fully saturated rings. The third-order valence-electron chi connectivity index (χ3n) is 9.88. The number of benzene rings is 1. The third-order valence-corrected chi connectivity index (χ3v) is 9.88. The van der Waals surface area contributed by atoms with Crippen LogP contribution in [0.15, 0.2) is 55.1 Å². The number of rotatable bonds is 17. The van der Waals surface area contributed by atoms with Crippen LogP contribution in [0.3, 0.4) is 0 Å². The van der Waals surface area contributed by atoms with Crippen LogP contribution in [0.5, 0.6) is 0 Å². The first-order chi connectivity index (χ1) is 22.2. The lowest BCUT2D eigenvalue weighted by atomic mass is 9.73. The average Bonchev–Trinajstić information content (AvgIpc) is 3.49. The van der Waals surface area contributed by atoms with E-state index in [1.54, 1.807) is 29.7 Å². The lowest BCUT2D eigenvalue weighted by Crippen LogP contribution is -2.48. The maximum atomic E-state index is 14.8. The van der Waals surface area contributed by atoms with Gasteiger partial charge in [0.15, 0.2) is 17.8 Å². The van der Waals surface area contributed by atoms with E-state index in [4.69, 9.17) is 0 Å². The normalized spacial score (nSPS) is 15.4. The zero-order chi connectivity index (χ0) is 33.3. The molecular formula is C37H54FN7O. The maximum Gasteiger partial charge on any atom is 0.173 e. The molecule has 3 aromatic rings. The predicted octanol–water partition coefficient (Wildman–Crippen LogP) is 7.27. The number of fused-ring (bicyclic) bond motifs is 1. The fourth-order valence-electron chi connectivity index (χ4n) is 6.88. The summed E-state index contributed by atoms with van der Waals surface area (Å²) >= 11 is 0. The molecule has 2 aromatic heterocycles. The van der Waals surface area contributed by atoms with Crippen molar-refractivity contribution in [2.24, 2.45) is 5.41 Å². The van der Waals surface area contributed by atoms with Crippen LogP contribution in [-0.4, -0.2) is 77.9 Å². The number of nitrogens with zero attached hydrogens (tertiary/aromatic N) is 5. The first-order valence-corrected chi connectivity index (χ1v) is 16.9. The van der Waals surface area contributed by atoms with Crippen molar-refractivity contribution in [1.29, 1.82) is 0 Å². The SMILES string of the molecule is C=C/C=C(/Nc1ccc(-c2cnc3c(F)c(C)ccn23)c(CNC)c1C=O)N(C)N1CCC(CC)(CCCCN(C)CCC)CC1. The molecule has 2 N–H and O–H groups in total. The van der Waals surface area contributed by atoms with Crippen LogP contribution in [0, 0.1) is 18.2 Å². The maximum absolute atomic E-state index is 14.8. The van der Waals surface area contributed by atoms with E-state index in [9.17, 15) is 9.18 Å². The lowest BCUT2D eigenvalue weighted by molar-refractivity contribution is -0.0297. The number of piperidine rings is 1. The molecule has 0 bridgehead atoms. The Hall–Kier alpha value is -3.53. The molecule has 250 valence electrons. The van der Waals surface area contributed by atoms with Gasteiger partial charge in [-0.25, -0.2) is 14.4 Å². The van der Waals surface area contributed by atoms with E-state index in [2.05, 4.69) is 65.1 Å². The van der Waals surface area contributed by atoms with Crippen LogP contribution in [0.2, 0.25) is 0 Å². The monoisotopic (exact) mass is 631 g/mol. The number of halogens is 1. The van der Waals surface area contributed by atoms with E-state index in [1.807, 2.05) is 31.5 Å². The number of aromatic nitrogens is 2. The third kappa shape index (κ3) is 7.88. The van der Waals surface area contributed by atoms with Crippen LogP contribution < -0.4 is 10.6 Å². The Morgan fingerprint density at radius 3 is 2.57 bits per heavy atom. The van der Waals surface area contributed by atoms with Crippen molar-refractivity contribution >= 4 is 17.6 Å². The second-order valence-corrected chi connectivity index (χ2v) is 12.9. The zero-order valence-corrected chi connectivity index (χ0v) is 28.8. The van der Waals surface area contributed by atoms with Gasteiger partial charge < -0.3 is 15.5 Å². The highest BCUT2D eigenvalue weighted by Gasteiger charge is 2.34. The van der Waals surface area contributed by atoms with Gasteiger partial charge in [-0.15, -0.1) is 0 Å². The summed E-state index contributed by atoms with van der Waals surface area (Å²) in [6.45, 7) is 15.1. The lowest BCUT2D eigenvalue weighted by Gasteiger charge is -2.45. The molecule has 46 heavy (non-hydrogen) atoms. The van der Waals surface area contributed by atoms with Crippen molar-refractivity contribution in [3.05, 3.63) is 77.7 Å². The molecule has 1 aliphatic heterocycles. The summed E-state index contributed by atoms with van der Waals surface area (Å²) in [5, 5.41) is 11.3. The summed E-state index contributed by atoms with van der Waals surface area (Å²) < 4.78 is 16.6. The molecule has 1 saturated heterocycles. The molecule has 0 spiro atoms.